The van der Waals surface area contributed by atoms with E-state index in [0.29, 0.717) is 12.0 Å². The minimum Gasteiger partial charge on any atom is -0.508 e. The molecular formula is C61H80N14O19S. The van der Waals surface area contributed by atoms with E-state index in [1.54, 1.807) is 27.7 Å². The Labute approximate surface area is 546 Å². The highest BCUT2D eigenvalue weighted by atomic mass is 32.2. The van der Waals surface area contributed by atoms with Crippen molar-refractivity contribution in [3.63, 3.8) is 0 Å². The number of aliphatic hydroxyl groups excluding tert-OH is 3. The van der Waals surface area contributed by atoms with Crippen molar-refractivity contribution in [2.75, 3.05) is 43.9 Å². The zero-order chi connectivity index (χ0) is 69.7. The van der Waals surface area contributed by atoms with Crippen LogP contribution >= 0.6 is 0 Å². The molecule has 4 aliphatic rings. The predicted octanol–water partition coefficient (Wildman–Crippen LogP) is -5.19. The number of H-pyrrole nitrogens is 1. The van der Waals surface area contributed by atoms with Crippen LogP contribution in [0.25, 0.3) is 10.9 Å². The van der Waals surface area contributed by atoms with Crippen LogP contribution in [0.5, 0.6) is 5.75 Å². The number of hydrogen-bond acceptors (Lipinski definition) is 19. The summed E-state index contributed by atoms with van der Waals surface area (Å²) in [6.45, 7) is 5.73. The number of hydrogen-bond donors (Lipinski definition) is 16. The van der Waals surface area contributed by atoms with Crippen molar-refractivity contribution in [2.24, 2.45) is 17.8 Å². The molecule has 34 heteroatoms. The molecule has 0 saturated carbocycles. The number of aliphatic hydroxyl groups is 3. The standard InChI is InChI=1S/C61H80N14O19S/c1-7-29(4)51-57(90)64-23-46(82)67-41-27-95(94)60-37(36-13-12-34(77)18-38(36)70-60)20-39(54(87)63-24-47(83)72-51)68-59(92)52(30(5)43(79)26-76)73-56(89)42-19-35(78)25-75(42)61(93)40(69-55(41)88)21-45(81)62-22-32-8-10-33(11-9-32)66-53(86)31(6)65-58(91)50(28(2)3)71-44(80)16-17-74-48(84)14-15-49(74)85/h8-15,18,28-31,35,39-43,50-52,70,76-79H,7,16-17,19-27H2,1-6H3,(H,62,81)(H,63,87)(H,64,90)(H,65,91)(H,66,86)(H,67,82)(H,68,92)(H,69,88)(H,71,80)(H,72,83)(H,73,89)/t29-,30-,31-,35+,39-,40-,41-,42-,43-,50-,51-,52-,95?/m0/s1. The summed E-state index contributed by atoms with van der Waals surface area (Å²) in [5, 5.41) is 70.4. The molecule has 0 aliphatic carbocycles. The third-order valence-electron chi connectivity index (χ3n) is 16.7. The van der Waals surface area contributed by atoms with Crippen LogP contribution in [0.15, 0.2) is 59.6 Å². The number of amides is 14. The number of anilines is 1. The minimum absolute atomic E-state index is 0.0332. The summed E-state index contributed by atoms with van der Waals surface area (Å²) in [6, 6.07) is -2.87. The molecular weight excluding hydrogens is 1260 g/mol. The van der Waals surface area contributed by atoms with Crippen LogP contribution in [0.1, 0.15) is 78.4 Å². The van der Waals surface area contributed by atoms with E-state index >= 15 is 9.00 Å². The van der Waals surface area contributed by atoms with Crippen molar-refractivity contribution in [2.45, 2.75) is 146 Å². The number of rotatable bonds is 18. The highest BCUT2D eigenvalue weighted by molar-refractivity contribution is 7.85. The first-order valence-corrected chi connectivity index (χ1v) is 32.1. The smallest absolute Gasteiger partial charge is 0.253 e. The van der Waals surface area contributed by atoms with Gasteiger partial charge in [0, 0.05) is 74.1 Å². The first kappa shape index (κ1) is 72.8. The fraction of sp³-hybridized carbons (Fsp3) is 0.508. The van der Waals surface area contributed by atoms with Crippen molar-refractivity contribution >= 4 is 110 Å². The molecule has 1 aromatic heterocycles. The van der Waals surface area contributed by atoms with E-state index < -0.39 is 223 Å². The molecule has 13 atom stereocenters. The van der Waals surface area contributed by atoms with Gasteiger partial charge in [0.1, 0.15) is 59.1 Å². The summed E-state index contributed by atoms with van der Waals surface area (Å²) in [6.07, 6.45) is -2.93. The van der Waals surface area contributed by atoms with Crippen LogP contribution in [0.3, 0.4) is 0 Å². The molecule has 1 fully saturated rings. The van der Waals surface area contributed by atoms with Gasteiger partial charge < -0.3 is 88.8 Å². The summed E-state index contributed by atoms with van der Waals surface area (Å²) in [5.74, 6) is -16.1. The molecule has 33 nitrogen and oxygen atoms in total. The number of aromatic hydroxyl groups is 1. The topological polar surface area (TPSA) is 492 Å². The van der Waals surface area contributed by atoms with E-state index in [9.17, 15) is 82.8 Å². The third kappa shape index (κ3) is 18.8. The summed E-state index contributed by atoms with van der Waals surface area (Å²) in [5.41, 5.74) is 0.827. The molecule has 0 radical (unpaired) electrons. The number of phenolic OH excluding ortho intramolecular Hbond substituents is 1. The third-order valence-corrected chi connectivity index (χ3v) is 18.1. The quantitative estimate of drug-likeness (QED) is 0.0530. The van der Waals surface area contributed by atoms with Crippen LogP contribution < -0.4 is 58.5 Å². The van der Waals surface area contributed by atoms with E-state index in [1.165, 1.54) is 56.3 Å². The lowest BCUT2D eigenvalue weighted by molar-refractivity contribution is -0.144. The largest absolute Gasteiger partial charge is 0.508 e. The zero-order valence-electron chi connectivity index (χ0n) is 52.9. The number of benzene rings is 2. The SMILES string of the molecule is CC[C@H](C)[C@@H]1NC(=O)CNC(=O)[C@@H]2Cc3c([nH]c4cc(O)ccc34)S(=O)C[C@H](NC(=O)CNC1=O)C(=O)N[C@@H](CC(=O)NCc1ccc(NC(=O)[C@H](C)NC(=O)[C@@H](NC(=O)CCN3C(=O)C=CC3=O)C(C)C)cc1)C(=O)N1C[C@H](O)C[C@H]1C(=O)N[C@@H]([C@@H](C)[C@@H](O)CO)C(=O)N2. The van der Waals surface area contributed by atoms with Crippen LogP contribution in [-0.4, -0.2) is 221 Å². The second kappa shape index (κ2) is 32.5. The van der Waals surface area contributed by atoms with Gasteiger partial charge in [-0.15, -0.1) is 0 Å². The average molecular weight is 1350 g/mol. The molecule has 2 bridgehead atoms. The molecule has 4 aliphatic heterocycles. The highest BCUT2D eigenvalue weighted by Gasteiger charge is 2.45. The summed E-state index contributed by atoms with van der Waals surface area (Å²) < 4.78 is 15.0. The Kier molecular flexibility index (Phi) is 24.9. The Hall–Kier alpha value is -9.67. The van der Waals surface area contributed by atoms with Crippen molar-refractivity contribution in [1.82, 2.24) is 68.0 Å². The lowest BCUT2D eigenvalue weighted by atomic mass is 9.93. The first-order chi connectivity index (χ1) is 45.0. The summed E-state index contributed by atoms with van der Waals surface area (Å²) in [4.78, 5) is 197. The molecule has 95 heavy (non-hydrogen) atoms. The maximum atomic E-state index is 15.0. The van der Waals surface area contributed by atoms with Gasteiger partial charge >= 0.3 is 0 Å². The van der Waals surface area contributed by atoms with Crippen molar-refractivity contribution in [3.8, 4) is 5.75 Å². The van der Waals surface area contributed by atoms with Gasteiger partial charge in [-0.2, -0.15) is 0 Å². The maximum absolute atomic E-state index is 15.0. The van der Waals surface area contributed by atoms with Gasteiger partial charge in [-0.05, 0) is 54.2 Å². The normalized spacial score (nSPS) is 24.3. The number of aromatic amines is 1. The summed E-state index contributed by atoms with van der Waals surface area (Å²) in [7, 11) is -2.48. The van der Waals surface area contributed by atoms with Crippen molar-refractivity contribution in [1.29, 1.82) is 0 Å². The van der Waals surface area contributed by atoms with Crippen molar-refractivity contribution in [3.05, 3.63) is 65.7 Å². The van der Waals surface area contributed by atoms with Crippen LogP contribution in [0, 0.1) is 17.8 Å². The monoisotopic (exact) mass is 1340 g/mol. The number of imide groups is 1. The average Bonchev–Trinajstić information content (AvgIpc) is 1.65. The Bertz CT molecular complexity index is 3530. The lowest BCUT2D eigenvalue weighted by Crippen LogP contribution is -2.62. The zero-order valence-corrected chi connectivity index (χ0v) is 53.7. The van der Waals surface area contributed by atoms with E-state index in [4.69, 9.17) is 0 Å². The Morgan fingerprint density at radius 3 is 2.05 bits per heavy atom. The predicted molar refractivity (Wildman–Crippen MR) is 335 cm³/mol. The van der Waals surface area contributed by atoms with E-state index in [1.807, 2.05) is 0 Å². The highest BCUT2D eigenvalue weighted by Crippen LogP contribution is 2.30. The van der Waals surface area contributed by atoms with Gasteiger partial charge in [-0.25, -0.2) is 0 Å². The molecule has 5 heterocycles. The second-order valence-corrected chi connectivity index (χ2v) is 25.5. The van der Waals surface area contributed by atoms with Crippen molar-refractivity contribution < 1.29 is 91.8 Å². The Morgan fingerprint density at radius 2 is 1.40 bits per heavy atom. The number of nitrogens with zero attached hydrogens (tertiary/aromatic N) is 2. The first-order valence-electron chi connectivity index (χ1n) is 30.8. The van der Waals surface area contributed by atoms with Crippen LogP contribution in [0.4, 0.5) is 5.69 Å². The number of phenols is 1. The molecule has 2 aromatic carbocycles. The van der Waals surface area contributed by atoms with Gasteiger partial charge in [0.25, 0.3) is 11.8 Å². The fourth-order valence-electron chi connectivity index (χ4n) is 10.9. The van der Waals surface area contributed by atoms with E-state index in [-0.39, 0.29) is 52.4 Å². The number of aromatic nitrogens is 1. The molecule has 1 unspecified atom stereocenters. The number of nitrogens with one attached hydrogen (secondary N) is 12. The van der Waals surface area contributed by atoms with E-state index in [0.717, 1.165) is 22.0 Å². The molecule has 1 saturated heterocycles. The minimum atomic E-state index is -2.48. The molecule has 514 valence electrons. The van der Waals surface area contributed by atoms with Gasteiger partial charge in [0.05, 0.1) is 60.4 Å². The molecule has 14 amide bonds. The molecule has 0 spiro atoms. The number of carbonyl (C=O) groups excluding carboxylic acids is 14. The summed E-state index contributed by atoms with van der Waals surface area (Å²) >= 11 is 0. The second-order valence-electron chi connectivity index (χ2n) is 24.1. The van der Waals surface area contributed by atoms with E-state index in [2.05, 4.69) is 63.5 Å². The Morgan fingerprint density at radius 1 is 0.737 bits per heavy atom. The van der Waals surface area contributed by atoms with Crippen LogP contribution in [0.2, 0.25) is 0 Å². The Balaban J connectivity index is 1.17. The lowest BCUT2D eigenvalue weighted by Gasteiger charge is -2.33. The fourth-order valence-corrected chi connectivity index (χ4v) is 12.3. The van der Waals surface area contributed by atoms with Gasteiger partial charge in [0.15, 0.2) is 0 Å². The molecule has 3 aromatic rings. The van der Waals surface area contributed by atoms with Gasteiger partial charge in [0.2, 0.25) is 70.9 Å². The van der Waals surface area contributed by atoms with Gasteiger partial charge in [-0.1, -0.05) is 53.2 Å². The van der Waals surface area contributed by atoms with Gasteiger partial charge in [-0.3, -0.25) is 76.2 Å². The maximum Gasteiger partial charge on any atom is 0.253 e. The number of fused-ring (bicyclic) bond motifs is 5. The molecule has 16 N–H and O–H groups in total. The number of carbonyl (C=O) groups is 14. The van der Waals surface area contributed by atoms with Crippen LogP contribution in [-0.2, 0) is 90.9 Å². The molecule has 7 rings (SSSR count).